The molecule has 3 aromatic carbocycles. The van der Waals surface area contributed by atoms with Crippen molar-refractivity contribution in [3.63, 3.8) is 0 Å². The molecule has 4 aromatic rings. The highest BCUT2D eigenvalue weighted by molar-refractivity contribution is 7.20. The third kappa shape index (κ3) is 3.99. The van der Waals surface area contributed by atoms with E-state index in [1.54, 1.807) is 6.07 Å². The SMILES string of the molecule is Oc1ccc(C=NNC(=Nc2ccccc2)c2nc3ccccc3s2)c(O)c1. The second kappa shape index (κ2) is 7.89. The van der Waals surface area contributed by atoms with E-state index in [-0.39, 0.29) is 11.5 Å². The number of hydrazone groups is 1. The van der Waals surface area contributed by atoms with Crippen molar-refractivity contribution in [2.75, 3.05) is 0 Å². The van der Waals surface area contributed by atoms with E-state index < -0.39 is 0 Å². The van der Waals surface area contributed by atoms with Gasteiger partial charge in [-0.1, -0.05) is 30.3 Å². The van der Waals surface area contributed by atoms with E-state index in [0.29, 0.717) is 16.4 Å². The van der Waals surface area contributed by atoms with Crippen molar-refractivity contribution < 1.29 is 10.2 Å². The monoisotopic (exact) mass is 388 g/mol. The molecule has 0 bridgehead atoms. The zero-order chi connectivity index (χ0) is 19.3. The molecule has 0 aliphatic rings. The summed E-state index contributed by atoms with van der Waals surface area (Å²) in [5.41, 5.74) is 5.06. The van der Waals surface area contributed by atoms with Crippen LogP contribution >= 0.6 is 11.3 Å². The lowest BCUT2D eigenvalue weighted by Crippen LogP contribution is -2.18. The van der Waals surface area contributed by atoms with Crippen LogP contribution in [0.3, 0.4) is 0 Å². The molecule has 3 N–H and O–H groups in total. The van der Waals surface area contributed by atoms with E-state index in [9.17, 15) is 10.2 Å². The Labute approximate surface area is 165 Å². The summed E-state index contributed by atoms with van der Waals surface area (Å²) in [6.07, 6.45) is 1.46. The lowest BCUT2D eigenvalue weighted by molar-refractivity contribution is 0.450. The molecule has 7 heteroatoms. The Hall–Kier alpha value is -3.71. The number of nitrogens with one attached hydrogen (secondary N) is 1. The number of thiazole rings is 1. The van der Waals surface area contributed by atoms with Crippen LogP contribution < -0.4 is 5.43 Å². The molecule has 0 spiro atoms. The minimum Gasteiger partial charge on any atom is -0.508 e. The van der Waals surface area contributed by atoms with Gasteiger partial charge in [-0.15, -0.1) is 11.3 Å². The standard InChI is InChI=1S/C21H16N4O2S/c26-16-11-10-14(18(27)12-16)13-22-25-20(23-15-6-2-1-3-7-15)21-24-17-8-4-5-9-19(17)28-21/h1-13,26-27H,(H,23,25). The minimum atomic E-state index is -0.0629. The molecule has 28 heavy (non-hydrogen) atoms. The highest BCUT2D eigenvalue weighted by atomic mass is 32.1. The summed E-state index contributed by atoms with van der Waals surface area (Å²) in [4.78, 5) is 9.26. The Morgan fingerprint density at radius 2 is 1.75 bits per heavy atom. The first kappa shape index (κ1) is 17.7. The molecular weight excluding hydrogens is 372 g/mol. The van der Waals surface area contributed by atoms with Crippen molar-refractivity contribution in [2.45, 2.75) is 0 Å². The van der Waals surface area contributed by atoms with Gasteiger partial charge in [0.25, 0.3) is 0 Å². The number of rotatable bonds is 4. The summed E-state index contributed by atoms with van der Waals surface area (Å²) >= 11 is 1.52. The number of aromatic hydroxyl groups is 2. The molecule has 0 aliphatic carbocycles. The summed E-state index contributed by atoms with van der Waals surface area (Å²) in [7, 11) is 0. The van der Waals surface area contributed by atoms with Crippen LogP contribution in [0.25, 0.3) is 10.2 Å². The molecule has 6 nitrogen and oxygen atoms in total. The zero-order valence-corrected chi connectivity index (χ0v) is 15.5. The predicted octanol–water partition coefficient (Wildman–Crippen LogP) is 4.41. The number of aromatic nitrogens is 1. The fourth-order valence-corrected chi connectivity index (χ4v) is 3.44. The van der Waals surface area contributed by atoms with Gasteiger partial charge in [-0.05, 0) is 36.4 Å². The first-order valence-corrected chi connectivity index (χ1v) is 9.31. The Balaban J connectivity index is 1.67. The number of fused-ring (bicyclic) bond motifs is 1. The van der Waals surface area contributed by atoms with E-state index >= 15 is 0 Å². The molecule has 0 saturated carbocycles. The van der Waals surface area contributed by atoms with Crippen molar-refractivity contribution >= 4 is 39.3 Å². The van der Waals surface area contributed by atoms with E-state index in [0.717, 1.165) is 15.9 Å². The first-order valence-electron chi connectivity index (χ1n) is 8.50. The second-order valence-electron chi connectivity index (χ2n) is 5.90. The molecular formula is C21H16N4O2S. The molecule has 0 unspecified atom stereocenters. The maximum atomic E-state index is 9.88. The van der Waals surface area contributed by atoms with Gasteiger partial charge in [0, 0.05) is 11.6 Å². The van der Waals surface area contributed by atoms with Gasteiger partial charge in [0.15, 0.2) is 10.8 Å². The van der Waals surface area contributed by atoms with Crippen LogP contribution in [0, 0.1) is 0 Å². The molecule has 1 heterocycles. The van der Waals surface area contributed by atoms with Crippen LogP contribution in [-0.2, 0) is 0 Å². The van der Waals surface area contributed by atoms with Crippen LogP contribution in [0.4, 0.5) is 5.69 Å². The summed E-state index contributed by atoms with van der Waals surface area (Å²) in [5.74, 6) is 0.428. The molecule has 4 rings (SSSR count). The van der Waals surface area contributed by atoms with Crippen molar-refractivity contribution in [2.24, 2.45) is 10.1 Å². The van der Waals surface area contributed by atoms with Gasteiger partial charge in [0.2, 0.25) is 0 Å². The average molecular weight is 388 g/mol. The highest BCUT2D eigenvalue weighted by Crippen LogP contribution is 2.23. The lowest BCUT2D eigenvalue weighted by Gasteiger charge is -2.03. The number of benzene rings is 3. The van der Waals surface area contributed by atoms with Crippen LogP contribution in [0.5, 0.6) is 11.5 Å². The number of nitrogens with zero attached hydrogens (tertiary/aromatic N) is 3. The van der Waals surface area contributed by atoms with Gasteiger partial charge in [0.05, 0.1) is 22.1 Å². The molecule has 138 valence electrons. The smallest absolute Gasteiger partial charge is 0.183 e. The van der Waals surface area contributed by atoms with Crippen molar-refractivity contribution in [1.82, 2.24) is 10.4 Å². The Morgan fingerprint density at radius 1 is 0.964 bits per heavy atom. The predicted molar refractivity (Wildman–Crippen MR) is 113 cm³/mol. The third-order valence-electron chi connectivity index (χ3n) is 3.88. The largest absolute Gasteiger partial charge is 0.508 e. The molecule has 0 saturated heterocycles. The highest BCUT2D eigenvalue weighted by Gasteiger charge is 2.10. The quantitative estimate of drug-likeness (QED) is 0.274. The number of aliphatic imine (C=N–C) groups is 1. The van der Waals surface area contributed by atoms with E-state index in [4.69, 9.17) is 0 Å². The summed E-state index contributed by atoms with van der Waals surface area (Å²) in [5, 5.41) is 24.2. The van der Waals surface area contributed by atoms with E-state index in [2.05, 4.69) is 20.5 Å². The zero-order valence-electron chi connectivity index (χ0n) is 14.6. The minimum absolute atomic E-state index is 0.0107. The lowest BCUT2D eigenvalue weighted by atomic mass is 10.2. The summed E-state index contributed by atoms with van der Waals surface area (Å²) in [6.45, 7) is 0. The average Bonchev–Trinajstić information content (AvgIpc) is 3.14. The van der Waals surface area contributed by atoms with Gasteiger partial charge in [0.1, 0.15) is 11.5 Å². The molecule has 0 aliphatic heterocycles. The van der Waals surface area contributed by atoms with Gasteiger partial charge >= 0.3 is 0 Å². The van der Waals surface area contributed by atoms with Gasteiger partial charge in [-0.25, -0.2) is 9.98 Å². The Morgan fingerprint density at radius 3 is 2.54 bits per heavy atom. The van der Waals surface area contributed by atoms with E-state index in [1.807, 2.05) is 54.6 Å². The van der Waals surface area contributed by atoms with Crippen LogP contribution in [-0.4, -0.2) is 27.2 Å². The van der Waals surface area contributed by atoms with Crippen molar-refractivity contribution in [3.05, 3.63) is 83.4 Å². The molecule has 0 fully saturated rings. The number of amidine groups is 1. The fraction of sp³-hybridized carbons (Fsp3) is 0. The fourth-order valence-electron chi connectivity index (χ4n) is 2.53. The Bertz CT molecular complexity index is 1140. The maximum absolute atomic E-state index is 9.88. The number of para-hydroxylation sites is 2. The van der Waals surface area contributed by atoms with Crippen LogP contribution in [0.2, 0.25) is 0 Å². The van der Waals surface area contributed by atoms with Crippen molar-refractivity contribution in [1.29, 1.82) is 0 Å². The van der Waals surface area contributed by atoms with Gasteiger partial charge < -0.3 is 10.2 Å². The second-order valence-corrected chi connectivity index (χ2v) is 6.93. The number of phenolic OH excluding ortho intramolecular Hbond substituents is 2. The molecule has 1 aromatic heterocycles. The number of hydrogen-bond donors (Lipinski definition) is 3. The molecule has 0 amide bonds. The Kier molecular flexibility index (Phi) is 4.99. The van der Waals surface area contributed by atoms with Crippen LogP contribution in [0.1, 0.15) is 10.6 Å². The van der Waals surface area contributed by atoms with E-state index in [1.165, 1.54) is 29.7 Å². The third-order valence-corrected chi connectivity index (χ3v) is 4.92. The van der Waals surface area contributed by atoms with Crippen molar-refractivity contribution in [3.8, 4) is 11.5 Å². The molecule has 0 atom stereocenters. The number of phenols is 2. The topological polar surface area (TPSA) is 90.1 Å². The first-order chi connectivity index (χ1) is 13.7. The van der Waals surface area contributed by atoms with Gasteiger partial charge in [-0.2, -0.15) is 5.10 Å². The summed E-state index contributed by atoms with van der Waals surface area (Å²) < 4.78 is 1.06. The summed E-state index contributed by atoms with van der Waals surface area (Å²) in [6, 6.07) is 21.7. The van der Waals surface area contributed by atoms with Gasteiger partial charge in [-0.3, -0.25) is 5.43 Å². The molecule has 0 radical (unpaired) electrons. The number of hydrogen-bond acceptors (Lipinski definition) is 6. The maximum Gasteiger partial charge on any atom is 0.183 e. The normalized spacial score (nSPS) is 11.9. The van der Waals surface area contributed by atoms with Crippen LogP contribution in [0.15, 0.2) is 82.9 Å².